The molecule has 1 aliphatic rings. The van der Waals surface area contributed by atoms with Crippen molar-refractivity contribution in [3.63, 3.8) is 0 Å². The molecule has 9 heteroatoms. The molecule has 198 valence electrons. The molecular weight excluding hydrogens is 509 g/mol. The molecule has 3 aromatic rings. The van der Waals surface area contributed by atoms with E-state index >= 15 is 0 Å². The van der Waals surface area contributed by atoms with E-state index in [1.54, 1.807) is 6.07 Å². The molecule has 1 saturated heterocycles. The number of piperazine rings is 1. The predicted molar refractivity (Wildman–Crippen MR) is 150 cm³/mol. The van der Waals surface area contributed by atoms with Crippen molar-refractivity contribution in [2.75, 3.05) is 44.2 Å². The fourth-order valence-electron chi connectivity index (χ4n) is 4.77. The molecule has 0 bridgehead atoms. The second-order valence-corrected chi connectivity index (χ2v) is 10.4. The smallest absolute Gasteiger partial charge is 0.271 e. The molecule has 1 aliphatic heterocycles. The lowest BCUT2D eigenvalue weighted by molar-refractivity contribution is 0.0847. The van der Waals surface area contributed by atoms with Crippen LogP contribution in [0.5, 0.6) is 0 Å². The Morgan fingerprint density at radius 3 is 2.46 bits per heavy atom. The van der Waals surface area contributed by atoms with E-state index in [4.69, 9.17) is 23.2 Å². The Morgan fingerprint density at radius 2 is 1.78 bits per heavy atom. The van der Waals surface area contributed by atoms with Gasteiger partial charge in [-0.3, -0.25) is 9.69 Å². The molecule has 1 amide bonds. The van der Waals surface area contributed by atoms with E-state index < -0.39 is 6.10 Å². The van der Waals surface area contributed by atoms with Gasteiger partial charge >= 0.3 is 0 Å². The Kier molecular flexibility index (Phi) is 9.13. The number of halogens is 2. The molecule has 4 rings (SSSR count). The van der Waals surface area contributed by atoms with E-state index in [-0.39, 0.29) is 12.5 Å². The second-order valence-electron chi connectivity index (χ2n) is 9.61. The minimum Gasteiger partial charge on any atom is -0.390 e. The van der Waals surface area contributed by atoms with Crippen molar-refractivity contribution in [3.8, 4) is 5.69 Å². The van der Waals surface area contributed by atoms with E-state index in [0.29, 0.717) is 22.3 Å². The molecule has 7 nitrogen and oxygen atoms in total. The number of carbonyl (C=O) groups is 1. The largest absolute Gasteiger partial charge is 0.390 e. The number of hydrogen-bond donors (Lipinski definition) is 2. The van der Waals surface area contributed by atoms with E-state index in [1.165, 1.54) is 5.56 Å². The van der Waals surface area contributed by atoms with Gasteiger partial charge in [0.1, 0.15) is 11.5 Å². The Balaban J connectivity index is 1.33. The summed E-state index contributed by atoms with van der Waals surface area (Å²) in [6, 6.07) is 13.9. The van der Waals surface area contributed by atoms with Crippen molar-refractivity contribution >= 4 is 34.8 Å². The van der Waals surface area contributed by atoms with Crippen molar-refractivity contribution in [1.82, 2.24) is 19.8 Å². The van der Waals surface area contributed by atoms with E-state index in [0.717, 1.165) is 61.9 Å². The van der Waals surface area contributed by atoms with Gasteiger partial charge in [0.15, 0.2) is 0 Å². The van der Waals surface area contributed by atoms with Crippen molar-refractivity contribution in [2.24, 2.45) is 0 Å². The van der Waals surface area contributed by atoms with Crippen LogP contribution in [-0.2, 0) is 6.42 Å². The second kappa shape index (κ2) is 12.3. The number of aryl methyl sites for hydroxylation is 2. The van der Waals surface area contributed by atoms with Gasteiger partial charge in [0.05, 0.1) is 27.5 Å². The number of aliphatic hydroxyl groups excluding tert-OH is 1. The summed E-state index contributed by atoms with van der Waals surface area (Å²) in [6.45, 7) is 9.86. The Hall–Kier alpha value is -2.58. The average molecular weight is 545 g/mol. The number of imidazole rings is 1. The molecule has 0 radical (unpaired) electrons. The minimum absolute atomic E-state index is 0.166. The summed E-state index contributed by atoms with van der Waals surface area (Å²) in [5.74, 6) is 0.604. The highest BCUT2D eigenvalue weighted by Gasteiger charge is 2.23. The van der Waals surface area contributed by atoms with Gasteiger partial charge in [0.25, 0.3) is 5.91 Å². The number of amides is 1. The summed E-state index contributed by atoms with van der Waals surface area (Å²) in [5, 5.41) is 14.7. The van der Waals surface area contributed by atoms with Crippen LogP contribution in [-0.4, -0.2) is 70.8 Å². The maximum Gasteiger partial charge on any atom is 0.271 e. The van der Waals surface area contributed by atoms with Crippen LogP contribution in [0.1, 0.15) is 40.9 Å². The van der Waals surface area contributed by atoms with Crippen LogP contribution in [0.15, 0.2) is 42.5 Å². The molecule has 1 atom stereocenters. The first-order chi connectivity index (χ1) is 17.8. The molecule has 0 spiro atoms. The third-order valence-corrected chi connectivity index (χ3v) is 7.58. The molecular formula is C28H35Cl2N5O2. The highest BCUT2D eigenvalue weighted by atomic mass is 35.5. The Bertz CT molecular complexity index is 1220. The van der Waals surface area contributed by atoms with Gasteiger partial charge < -0.3 is 19.9 Å². The summed E-state index contributed by atoms with van der Waals surface area (Å²) < 4.78 is 2.06. The van der Waals surface area contributed by atoms with Gasteiger partial charge in [0.2, 0.25) is 0 Å². The van der Waals surface area contributed by atoms with Gasteiger partial charge in [-0.25, -0.2) is 4.98 Å². The number of hydrogen-bond acceptors (Lipinski definition) is 5. The Morgan fingerprint density at radius 1 is 1.08 bits per heavy atom. The van der Waals surface area contributed by atoms with Gasteiger partial charge in [-0.15, -0.1) is 0 Å². The maximum absolute atomic E-state index is 13.0. The number of aliphatic hydroxyl groups is 1. The number of carbonyl (C=O) groups excluding carboxylic acids is 1. The lowest BCUT2D eigenvalue weighted by Gasteiger charge is -2.37. The van der Waals surface area contributed by atoms with Crippen LogP contribution < -0.4 is 10.2 Å². The summed E-state index contributed by atoms with van der Waals surface area (Å²) in [4.78, 5) is 22.1. The number of aromatic nitrogens is 2. The van der Waals surface area contributed by atoms with E-state index in [2.05, 4.69) is 62.8 Å². The summed E-state index contributed by atoms with van der Waals surface area (Å²) in [5.41, 5.74) is 4.32. The van der Waals surface area contributed by atoms with Gasteiger partial charge in [-0.05, 0) is 44.5 Å². The maximum atomic E-state index is 13.0. The molecule has 0 aliphatic carbocycles. The lowest BCUT2D eigenvalue weighted by atomic mass is 10.2. The zero-order chi connectivity index (χ0) is 26.5. The number of anilines is 1. The van der Waals surface area contributed by atoms with Crippen LogP contribution in [0.4, 0.5) is 5.69 Å². The molecule has 37 heavy (non-hydrogen) atoms. The van der Waals surface area contributed by atoms with Crippen molar-refractivity contribution in [3.05, 3.63) is 75.3 Å². The summed E-state index contributed by atoms with van der Waals surface area (Å²) in [7, 11) is 0. The number of β-amino-alcohol motifs (C(OH)–C–C–N with tert-alkyl or cyclic N) is 1. The standard InChI is InChI=1S/C28H35Cl2N5O2/c1-4-6-25-32-27(20(3)35(25)21-11-9-19(2)10-12-21)28(37)31-17-22(36)18-33-13-15-34(16-14-33)24-8-5-7-23(29)26(24)30/h5,7-12,22,36H,4,6,13-18H2,1-3H3,(H,31,37). The van der Waals surface area contributed by atoms with E-state index in [9.17, 15) is 9.90 Å². The van der Waals surface area contributed by atoms with Gasteiger partial charge in [0, 0.05) is 51.4 Å². The van der Waals surface area contributed by atoms with Crippen molar-refractivity contribution < 1.29 is 9.90 Å². The molecule has 0 saturated carbocycles. The zero-order valence-electron chi connectivity index (χ0n) is 21.7. The van der Waals surface area contributed by atoms with Gasteiger partial charge in [-0.2, -0.15) is 0 Å². The minimum atomic E-state index is -0.681. The molecule has 1 fully saturated rings. The first-order valence-electron chi connectivity index (χ1n) is 12.8. The third-order valence-electron chi connectivity index (χ3n) is 6.77. The van der Waals surface area contributed by atoms with Crippen LogP contribution in [0.3, 0.4) is 0 Å². The number of rotatable bonds is 9. The lowest BCUT2D eigenvalue weighted by Crippen LogP contribution is -2.50. The third kappa shape index (κ3) is 6.47. The first-order valence-corrected chi connectivity index (χ1v) is 13.6. The van der Waals surface area contributed by atoms with Crippen LogP contribution in [0.25, 0.3) is 5.69 Å². The molecule has 1 unspecified atom stereocenters. The fourth-order valence-corrected chi connectivity index (χ4v) is 5.18. The zero-order valence-corrected chi connectivity index (χ0v) is 23.2. The first kappa shape index (κ1) is 27.5. The summed E-state index contributed by atoms with van der Waals surface area (Å²) >= 11 is 12.5. The monoisotopic (exact) mass is 543 g/mol. The normalized spacial score (nSPS) is 15.1. The highest BCUT2D eigenvalue weighted by Crippen LogP contribution is 2.32. The SMILES string of the molecule is CCCc1nc(C(=O)NCC(O)CN2CCN(c3cccc(Cl)c3Cl)CC2)c(C)n1-c1ccc(C)cc1. The van der Waals surface area contributed by atoms with Crippen molar-refractivity contribution in [2.45, 2.75) is 39.7 Å². The topological polar surface area (TPSA) is 73.6 Å². The predicted octanol–water partition coefficient (Wildman–Crippen LogP) is 4.66. The number of nitrogens with one attached hydrogen (secondary N) is 1. The molecule has 2 heterocycles. The highest BCUT2D eigenvalue weighted by molar-refractivity contribution is 6.43. The fraction of sp³-hybridized carbons (Fsp3) is 0.429. The number of nitrogens with zero attached hydrogens (tertiary/aromatic N) is 4. The quantitative estimate of drug-likeness (QED) is 0.410. The van der Waals surface area contributed by atoms with Crippen LogP contribution in [0.2, 0.25) is 10.0 Å². The van der Waals surface area contributed by atoms with E-state index in [1.807, 2.05) is 19.1 Å². The Labute approximate surface area is 229 Å². The molecule has 2 N–H and O–H groups in total. The van der Waals surface area contributed by atoms with Gasteiger partial charge in [-0.1, -0.05) is 53.9 Å². The van der Waals surface area contributed by atoms with Crippen LogP contribution in [0, 0.1) is 13.8 Å². The average Bonchev–Trinajstić information content (AvgIpc) is 3.21. The summed E-state index contributed by atoms with van der Waals surface area (Å²) in [6.07, 6.45) is 1.02. The van der Waals surface area contributed by atoms with Crippen molar-refractivity contribution in [1.29, 1.82) is 0 Å². The molecule has 1 aromatic heterocycles. The molecule has 2 aromatic carbocycles. The van der Waals surface area contributed by atoms with Crippen LogP contribution >= 0.6 is 23.2 Å². The number of benzene rings is 2.